The Morgan fingerprint density at radius 3 is 2.56 bits per heavy atom. The summed E-state index contributed by atoms with van der Waals surface area (Å²) in [5, 5.41) is 8.84. The van der Waals surface area contributed by atoms with Crippen LogP contribution >= 0.6 is 22.7 Å². The fraction of sp³-hybridized carbons (Fsp3) is 0.370. The number of hydrogen-bond acceptors (Lipinski definition) is 8. The number of quaternary nitrogens is 1. The molecule has 3 saturated heterocycles. The van der Waals surface area contributed by atoms with Gasteiger partial charge < -0.3 is 19.3 Å². The third-order valence-corrected chi connectivity index (χ3v) is 8.91. The molecular formula is C27H29N2O5S2+. The largest absolute Gasteiger partial charge is 0.465 e. The number of esters is 2. The molecule has 3 aliphatic rings. The van der Waals surface area contributed by atoms with Gasteiger partial charge in [0.1, 0.15) is 18.0 Å². The third-order valence-electron chi connectivity index (χ3n) is 7.34. The normalized spacial score (nSPS) is 23.6. The molecule has 188 valence electrons. The number of nitrogens with one attached hydrogen (secondary N) is 1. The Labute approximate surface area is 218 Å². The van der Waals surface area contributed by atoms with Crippen LogP contribution in [-0.2, 0) is 14.3 Å². The number of piperidine rings is 3. The zero-order chi connectivity index (χ0) is 25.1. The van der Waals surface area contributed by atoms with Crippen LogP contribution in [0.5, 0.6) is 0 Å². The zero-order valence-electron chi connectivity index (χ0n) is 20.1. The van der Waals surface area contributed by atoms with E-state index in [1.54, 1.807) is 11.4 Å². The third kappa shape index (κ3) is 5.09. The second-order valence-corrected chi connectivity index (χ2v) is 11.2. The van der Waals surface area contributed by atoms with Crippen molar-refractivity contribution in [2.45, 2.75) is 25.0 Å². The maximum atomic E-state index is 13.6. The van der Waals surface area contributed by atoms with Crippen molar-refractivity contribution < 1.29 is 28.3 Å². The van der Waals surface area contributed by atoms with Gasteiger partial charge in [0.15, 0.2) is 12.1 Å². The van der Waals surface area contributed by atoms with E-state index in [0.29, 0.717) is 34.1 Å². The maximum Gasteiger partial charge on any atom is 0.350 e. The lowest BCUT2D eigenvalue weighted by Gasteiger charge is -2.51. The standard InChI is InChI=1S/C27H28N2O5S2/c1-33-27(32)25-21(10-14-36-25)28-24(19-5-3-2-4-6-19)26(31)34-23-16-29(11-7-18(23)8-12-29)15-22(30)20-9-13-35-17-20/h2-6,9-10,13-14,17-18,23-24H,7-8,11-12,15-16H2,1H3/p+1/t18?,23-,24?,29?/m0/s1. The highest BCUT2D eigenvalue weighted by Gasteiger charge is 2.49. The Kier molecular flexibility index (Phi) is 7.22. The molecular weight excluding hydrogens is 496 g/mol. The molecule has 1 N–H and O–H groups in total. The van der Waals surface area contributed by atoms with Crippen LogP contribution in [0.4, 0.5) is 5.69 Å². The van der Waals surface area contributed by atoms with Crippen LogP contribution in [0.3, 0.4) is 0 Å². The van der Waals surface area contributed by atoms with E-state index in [1.807, 2.05) is 47.2 Å². The van der Waals surface area contributed by atoms with Crippen molar-refractivity contribution in [2.24, 2.45) is 5.92 Å². The number of fused-ring (bicyclic) bond motifs is 3. The smallest absolute Gasteiger partial charge is 0.350 e. The summed E-state index contributed by atoms with van der Waals surface area (Å²) in [6.45, 7) is 2.97. The Morgan fingerprint density at radius 1 is 1.08 bits per heavy atom. The van der Waals surface area contributed by atoms with Crippen molar-refractivity contribution in [1.82, 2.24) is 0 Å². The van der Waals surface area contributed by atoms with Gasteiger partial charge in [0.25, 0.3) is 0 Å². The summed E-state index contributed by atoms with van der Waals surface area (Å²) in [6.07, 6.45) is 1.64. The number of carbonyl (C=O) groups is 3. The second kappa shape index (κ2) is 10.5. The summed E-state index contributed by atoms with van der Waals surface area (Å²) in [5.74, 6) is -0.386. The minimum atomic E-state index is -0.777. The highest BCUT2D eigenvalue weighted by molar-refractivity contribution is 7.12. The number of anilines is 1. The van der Waals surface area contributed by atoms with Crippen LogP contribution in [0.1, 0.15) is 44.5 Å². The first-order valence-electron chi connectivity index (χ1n) is 12.1. The van der Waals surface area contributed by atoms with Crippen molar-refractivity contribution in [3.63, 3.8) is 0 Å². The monoisotopic (exact) mass is 525 g/mol. The fourth-order valence-corrected chi connectivity index (χ4v) is 6.80. The molecule has 3 aliphatic heterocycles. The summed E-state index contributed by atoms with van der Waals surface area (Å²) < 4.78 is 11.7. The van der Waals surface area contributed by atoms with Gasteiger partial charge in [-0.05, 0) is 28.5 Å². The van der Waals surface area contributed by atoms with Crippen LogP contribution in [-0.4, -0.2) is 61.6 Å². The van der Waals surface area contributed by atoms with Crippen molar-refractivity contribution in [1.29, 1.82) is 0 Å². The molecule has 2 bridgehead atoms. The lowest BCUT2D eigenvalue weighted by Crippen LogP contribution is -2.65. The predicted molar refractivity (Wildman–Crippen MR) is 139 cm³/mol. The number of carbonyl (C=O) groups excluding carboxylic acids is 3. The molecule has 7 nitrogen and oxygen atoms in total. The number of benzene rings is 1. The second-order valence-electron chi connectivity index (χ2n) is 9.52. The van der Waals surface area contributed by atoms with Crippen LogP contribution in [0.25, 0.3) is 0 Å². The van der Waals surface area contributed by atoms with Gasteiger partial charge >= 0.3 is 11.9 Å². The first-order valence-corrected chi connectivity index (χ1v) is 13.9. The molecule has 0 radical (unpaired) electrons. The van der Waals surface area contributed by atoms with Gasteiger partial charge in [0, 0.05) is 29.7 Å². The first-order chi connectivity index (χ1) is 17.5. The summed E-state index contributed by atoms with van der Waals surface area (Å²) in [7, 11) is 1.34. The Morgan fingerprint density at radius 2 is 1.86 bits per heavy atom. The van der Waals surface area contributed by atoms with E-state index >= 15 is 0 Å². The SMILES string of the molecule is COC(=O)c1sccc1NC(C(=O)O[C@H]1C[N+]2(CC(=O)c3ccsc3)CCC1CC2)c1ccccc1. The van der Waals surface area contributed by atoms with Crippen molar-refractivity contribution in [2.75, 3.05) is 38.6 Å². The fourth-order valence-electron chi connectivity index (χ4n) is 5.37. The minimum Gasteiger partial charge on any atom is -0.465 e. The molecule has 0 saturated carbocycles. The highest BCUT2D eigenvalue weighted by Crippen LogP contribution is 2.37. The molecule has 1 aromatic carbocycles. The summed E-state index contributed by atoms with van der Waals surface area (Å²) in [6, 6.07) is 12.2. The molecule has 0 spiro atoms. The molecule has 2 aromatic heterocycles. The average molecular weight is 526 g/mol. The number of rotatable bonds is 9. The Hall–Kier alpha value is -3.01. The molecule has 0 amide bonds. The van der Waals surface area contributed by atoms with E-state index in [2.05, 4.69) is 5.32 Å². The number of ketones is 1. The van der Waals surface area contributed by atoms with Gasteiger partial charge in [-0.25, -0.2) is 9.59 Å². The summed E-state index contributed by atoms with van der Waals surface area (Å²) in [4.78, 5) is 39.1. The number of ether oxygens (including phenoxy) is 2. The number of Topliss-reactive ketones (excluding diaryl/α,β-unsaturated/α-hetero) is 1. The Bertz CT molecular complexity index is 1220. The lowest BCUT2D eigenvalue weighted by atomic mass is 9.82. The molecule has 3 fully saturated rings. The molecule has 3 aromatic rings. The maximum absolute atomic E-state index is 13.6. The quantitative estimate of drug-likeness (QED) is 0.246. The van der Waals surface area contributed by atoms with Crippen molar-refractivity contribution in [3.8, 4) is 0 Å². The first kappa shape index (κ1) is 24.7. The lowest BCUT2D eigenvalue weighted by molar-refractivity contribution is -0.938. The predicted octanol–water partition coefficient (Wildman–Crippen LogP) is 4.78. The van der Waals surface area contributed by atoms with Crippen LogP contribution in [0.2, 0.25) is 0 Å². The van der Waals surface area contributed by atoms with Crippen molar-refractivity contribution >= 4 is 46.1 Å². The molecule has 9 heteroatoms. The number of nitrogens with zero attached hydrogens (tertiary/aromatic N) is 1. The van der Waals surface area contributed by atoms with Gasteiger partial charge in [0.2, 0.25) is 5.78 Å². The average Bonchev–Trinajstić information content (AvgIpc) is 3.60. The number of thiophene rings is 2. The van der Waals surface area contributed by atoms with Gasteiger partial charge in [-0.3, -0.25) is 4.79 Å². The molecule has 5 heterocycles. The topological polar surface area (TPSA) is 81.7 Å². The van der Waals surface area contributed by atoms with Gasteiger partial charge in [0.05, 0.1) is 25.9 Å². The van der Waals surface area contributed by atoms with Crippen LogP contribution in [0.15, 0.2) is 58.6 Å². The van der Waals surface area contributed by atoms with E-state index in [-0.39, 0.29) is 17.9 Å². The molecule has 1 unspecified atom stereocenters. The van der Waals surface area contributed by atoms with E-state index in [4.69, 9.17) is 9.47 Å². The van der Waals surface area contributed by atoms with Crippen LogP contribution < -0.4 is 5.32 Å². The van der Waals surface area contributed by atoms with Crippen molar-refractivity contribution in [3.05, 3.63) is 74.6 Å². The van der Waals surface area contributed by atoms with Gasteiger partial charge in [-0.15, -0.1) is 11.3 Å². The van der Waals surface area contributed by atoms with Crippen LogP contribution in [0, 0.1) is 5.92 Å². The van der Waals surface area contributed by atoms with Gasteiger partial charge in [-0.2, -0.15) is 11.3 Å². The minimum absolute atomic E-state index is 0.151. The van der Waals surface area contributed by atoms with E-state index in [9.17, 15) is 14.4 Å². The van der Waals surface area contributed by atoms with E-state index < -0.39 is 12.0 Å². The highest BCUT2D eigenvalue weighted by atomic mass is 32.1. The molecule has 2 atom stereocenters. The summed E-state index contributed by atoms with van der Waals surface area (Å²) in [5.41, 5.74) is 2.05. The van der Waals surface area contributed by atoms with E-state index in [1.165, 1.54) is 29.8 Å². The van der Waals surface area contributed by atoms with Gasteiger partial charge in [-0.1, -0.05) is 30.3 Å². The molecule has 36 heavy (non-hydrogen) atoms. The van der Waals surface area contributed by atoms with E-state index in [0.717, 1.165) is 37.1 Å². The number of hydrogen-bond donors (Lipinski definition) is 1. The Balaban J connectivity index is 1.33. The number of methoxy groups -OCH3 is 1. The molecule has 6 rings (SSSR count). The zero-order valence-corrected chi connectivity index (χ0v) is 21.7. The summed E-state index contributed by atoms with van der Waals surface area (Å²) >= 11 is 2.79. The molecule has 0 aliphatic carbocycles.